The maximum absolute atomic E-state index is 13.8. The van der Waals surface area contributed by atoms with Gasteiger partial charge in [-0.3, -0.25) is 29.8 Å². The molecule has 304 valence electrons. The maximum Gasteiger partial charge on any atom is 0.333 e. The Labute approximate surface area is 349 Å². The SMILES string of the molecule is CC(=O)Oc1cc2c(cc1OC(C)=O)C(CSc1cccs1)(OC(=O)/C=C/C(=O)OC1(CSc3cccs3)NCCc3cc(OC(C)=O)c(OC(C)=O)cc31)NCC2. The number of esters is 6. The van der Waals surface area contributed by atoms with E-state index in [-0.39, 0.29) is 34.5 Å². The Morgan fingerprint density at radius 1 is 0.603 bits per heavy atom. The lowest BCUT2D eigenvalue weighted by Gasteiger charge is -2.39. The molecule has 18 heteroatoms. The van der Waals surface area contributed by atoms with Gasteiger partial charge in [0, 0.05) is 64.1 Å². The van der Waals surface area contributed by atoms with Crippen LogP contribution in [0, 0.1) is 0 Å². The molecule has 58 heavy (non-hydrogen) atoms. The molecule has 0 bridgehead atoms. The van der Waals surface area contributed by atoms with Crippen LogP contribution in [-0.2, 0) is 62.5 Å². The Kier molecular flexibility index (Phi) is 13.8. The van der Waals surface area contributed by atoms with Crippen LogP contribution in [0.2, 0.25) is 0 Å². The standard InChI is InChI=1S/C40H38N2O12S4/c1-23(43)49-31-17-27-11-13-41-39(21-57-37-7-5-15-55-37,29(27)19-33(31)51-25(3)45)53-35(47)9-10-36(48)54-40(22-58-38-8-6-16-56-38)30-20-34(52-26(4)46)32(50-24(2)44)18-28(30)12-14-42-40/h5-10,15-20,41-42H,11-14,21-22H2,1-4H3/b10-9+. The van der Waals surface area contributed by atoms with Gasteiger partial charge >= 0.3 is 35.8 Å². The van der Waals surface area contributed by atoms with Gasteiger partial charge in [0.25, 0.3) is 0 Å². The summed E-state index contributed by atoms with van der Waals surface area (Å²) in [6.07, 6.45) is 2.87. The molecule has 2 aliphatic heterocycles. The van der Waals surface area contributed by atoms with Gasteiger partial charge in [-0.25, -0.2) is 9.59 Å². The number of hydrogen-bond acceptors (Lipinski definition) is 18. The monoisotopic (exact) mass is 866 g/mol. The van der Waals surface area contributed by atoms with Crippen LogP contribution in [0.3, 0.4) is 0 Å². The molecule has 2 atom stereocenters. The minimum Gasteiger partial charge on any atom is -0.435 e. The summed E-state index contributed by atoms with van der Waals surface area (Å²) >= 11 is 5.87. The molecule has 2 aliphatic rings. The number of rotatable bonds is 14. The Hall–Kier alpha value is -4.98. The molecule has 0 saturated heterocycles. The van der Waals surface area contributed by atoms with Crippen molar-refractivity contribution in [3.8, 4) is 23.0 Å². The number of carbonyl (C=O) groups is 6. The quantitative estimate of drug-likeness (QED) is 0.0648. The van der Waals surface area contributed by atoms with Gasteiger partial charge in [-0.1, -0.05) is 12.1 Å². The van der Waals surface area contributed by atoms with E-state index >= 15 is 0 Å². The second-order valence-electron chi connectivity index (χ2n) is 12.9. The Morgan fingerprint density at radius 3 is 1.29 bits per heavy atom. The van der Waals surface area contributed by atoms with Crippen LogP contribution in [0.1, 0.15) is 49.9 Å². The summed E-state index contributed by atoms with van der Waals surface area (Å²) < 4.78 is 35.8. The maximum atomic E-state index is 13.8. The third-order valence-corrected chi connectivity index (χ3v) is 13.1. The number of carbonyl (C=O) groups excluding carboxylic acids is 6. The third kappa shape index (κ3) is 10.5. The summed E-state index contributed by atoms with van der Waals surface area (Å²) in [5.41, 5.74) is -0.636. The van der Waals surface area contributed by atoms with Crippen molar-refractivity contribution in [1.82, 2.24) is 10.6 Å². The highest BCUT2D eigenvalue weighted by atomic mass is 32.2. The van der Waals surface area contributed by atoms with Crippen LogP contribution in [0.5, 0.6) is 23.0 Å². The fourth-order valence-electron chi connectivity index (χ4n) is 6.38. The van der Waals surface area contributed by atoms with Crippen molar-refractivity contribution in [2.75, 3.05) is 24.6 Å². The Balaban J connectivity index is 1.31. The molecule has 2 aromatic carbocycles. The number of fused-ring (bicyclic) bond motifs is 2. The van der Waals surface area contributed by atoms with Crippen molar-refractivity contribution in [1.29, 1.82) is 0 Å². The topological polar surface area (TPSA) is 182 Å². The van der Waals surface area contributed by atoms with E-state index in [0.717, 1.165) is 20.6 Å². The highest BCUT2D eigenvalue weighted by molar-refractivity contribution is 8.01. The molecule has 0 fully saturated rings. The molecule has 0 aliphatic carbocycles. The number of thiophene rings is 2. The van der Waals surface area contributed by atoms with Gasteiger partial charge in [0.2, 0.25) is 11.4 Å². The van der Waals surface area contributed by atoms with Crippen molar-refractivity contribution < 1.29 is 57.2 Å². The van der Waals surface area contributed by atoms with Crippen LogP contribution in [0.15, 0.2) is 79.9 Å². The smallest absolute Gasteiger partial charge is 0.333 e. The number of benzene rings is 2. The lowest BCUT2D eigenvalue weighted by molar-refractivity contribution is -0.159. The first-order valence-electron chi connectivity index (χ1n) is 17.8. The normalized spacial score (nSPS) is 18.3. The third-order valence-electron chi connectivity index (χ3n) is 8.56. The summed E-state index contributed by atoms with van der Waals surface area (Å²) in [4.78, 5) is 75.5. The highest BCUT2D eigenvalue weighted by Crippen LogP contribution is 2.44. The largest absolute Gasteiger partial charge is 0.435 e. The lowest BCUT2D eigenvalue weighted by Crippen LogP contribution is -2.52. The molecule has 0 saturated carbocycles. The molecule has 0 radical (unpaired) electrons. The van der Waals surface area contributed by atoms with Gasteiger partial charge in [0.05, 0.1) is 19.9 Å². The van der Waals surface area contributed by atoms with E-state index in [4.69, 9.17) is 28.4 Å². The van der Waals surface area contributed by atoms with E-state index in [1.54, 1.807) is 12.1 Å². The lowest BCUT2D eigenvalue weighted by atomic mass is 9.91. The van der Waals surface area contributed by atoms with E-state index in [0.29, 0.717) is 48.2 Å². The van der Waals surface area contributed by atoms with Crippen molar-refractivity contribution >= 4 is 82.0 Å². The summed E-state index contributed by atoms with van der Waals surface area (Å²) in [7, 11) is 0. The number of ether oxygens (including phenoxy) is 6. The van der Waals surface area contributed by atoms with Crippen molar-refractivity contribution in [3.05, 3.63) is 93.7 Å². The van der Waals surface area contributed by atoms with Gasteiger partial charge in [-0.15, -0.1) is 46.2 Å². The molecule has 2 unspecified atom stereocenters. The van der Waals surface area contributed by atoms with Crippen molar-refractivity contribution in [2.45, 2.75) is 60.4 Å². The predicted octanol–water partition coefficient (Wildman–Crippen LogP) is 6.04. The molecule has 0 spiro atoms. The summed E-state index contributed by atoms with van der Waals surface area (Å²) in [5, 5.41) is 10.5. The van der Waals surface area contributed by atoms with Crippen LogP contribution in [0.25, 0.3) is 0 Å². The first-order chi connectivity index (χ1) is 27.7. The van der Waals surface area contributed by atoms with E-state index < -0.39 is 47.3 Å². The van der Waals surface area contributed by atoms with E-state index in [1.807, 2.05) is 35.0 Å². The highest BCUT2D eigenvalue weighted by Gasteiger charge is 2.43. The second-order valence-corrected chi connectivity index (χ2v) is 17.4. The summed E-state index contributed by atoms with van der Waals surface area (Å²) in [6, 6.07) is 13.9. The minimum absolute atomic E-state index is 0.0337. The zero-order chi connectivity index (χ0) is 41.5. The molecule has 2 aromatic heterocycles. The van der Waals surface area contributed by atoms with Gasteiger partial charge in [0.1, 0.15) is 0 Å². The molecule has 2 N–H and O–H groups in total. The van der Waals surface area contributed by atoms with Crippen LogP contribution < -0.4 is 29.6 Å². The molecule has 6 rings (SSSR count). The van der Waals surface area contributed by atoms with E-state index in [9.17, 15) is 28.8 Å². The van der Waals surface area contributed by atoms with Gasteiger partial charge < -0.3 is 28.4 Å². The van der Waals surface area contributed by atoms with Gasteiger partial charge in [-0.2, -0.15) is 0 Å². The van der Waals surface area contributed by atoms with Crippen LogP contribution in [0.4, 0.5) is 0 Å². The van der Waals surface area contributed by atoms with E-state index in [1.165, 1.54) is 86.0 Å². The van der Waals surface area contributed by atoms with Crippen molar-refractivity contribution in [3.63, 3.8) is 0 Å². The zero-order valence-electron chi connectivity index (χ0n) is 31.7. The van der Waals surface area contributed by atoms with Crippen LogP contribution in [-0.4, -0.2) is 60.4 Å². The molecule has 4 heterocycles. The number of hydrogen-bond donors (Lipinski definition) is 2. The number of thioether (sulfide) groups is 2. The van der Waals surface area contributed by atoms with Crippen LogP contribution >= 0.6 is 46.2 Å². The molecule has 0 amide bonds. The molecule has 14 nitrogen and oxygen atoms in total. The fourth-order valence-corrected chi connectivity index (χ4v) is 10.2. The first-order valence-corrected chi connectivity index (χ1v) is 21.5. The first kappa shape index (κ1) is 42.6. The number of nitrogens with one attached hydrogen (secondary N) is 2. The fraction of sp³-hybridized carbons (Fsp3) is 0.300. The minimum atomic E-state index is -1.48. The Bertz CT molecular complexity index is 2090. The molecular weight excluding hydrogens is 829 g/mol. The molecule has 4 aromatic rings. The average Bonchev–Trinajstić information content (AvgIpc) is 3.88. The molecular formula is C40H38N2O12S4. The second kappa shape index (κ2) is 18.7. The summed E-state index contributed by atoms with van der Waals surface area (Å²) in [5.74, 6) is -3.90. The summed E-state index contributed by atoms with van der Waals surface area (Å²) in [6.45, 7) is 5.62. The average molecular weight is 867 g/mol. The van der Waals surface area contributed by atoms with Crippen molar-refractivity contribution in [2.24, 2.45) is 0 Å². The Morgan fingerprint density at radius 2 is 0.966 bits per heavy atom. The predicted molar refractivity (Wildman–Crippen MR) is 216 cm³/mol. The van der Waals surface area contributed by atoms with E-state index in [2.05, 4.69) is 10.6 Å². The van der Waals surface area contributed by atoms with Gasteiger partial charge in [0.15, 0.2) is 23.0 Å². The zero-order valence-corrected chi connectivity index (χ0v) is 35.0. The van der Waals surface area contributed by atoms with Gasteiger partial charge in [-0.05, 0) is 71.1 Å².